The number of rotatable bonds is 5. The lowest BCUT2D eigenvalue weighted by Gasteiger charge is -2.03. The summed E-state index contributed by atoms with van der Waals surface area (Å²) in [5, 5.41) is 12.0. The number of aromatic nitrogens is 2. The summed E-state index contributed by atoms with van der Waals surface area (Å²) < 4.78 is 0.791. The van der Waals surface area contributed by atoms with Gasteiger partial charge in [-0.15, -0.1) is 10.2 Å². The molecule has 4 nitrogen and oxygen atoms in total. The lowest BCUT2D eigenvalue weighted by atomic mass is 10.2. The first-order valence-electron chi connectivity index (χ1n) is 7.29. The van der Waals surface area contributed by atoms with Gasteiger partial charge in [0.15, 0.2) is 4.34 Å². The Balaban J connectivity index is 1.62. The minimum absolute atomic E-state index is 0.295. The maximum absolute atomic E-state index is 12.3. The SMILES string of the molecule is Cc1cccc(CSc2nnc(NC(=O)c3ccc(Cl)cc3Cl)s2)c1. The Bertz CT molecular complexity index is 914. The second-order valence-corrected chi connectivity index (χ2v) is 8.27. The summed E-state index contributed by atoms with van der Waals surface area (Å²) in [7, 11) is 0. The summed E-state index contributed by atoms with van der Waals surface area (Å²) >= 11 is 14.8. The Kier molecular flexibility index (Phi) is 5.96. The highest BCUT2D eigenvalue weighted by molar-refractivity contribution is 8.00. The van der Waals surface area contributed by atoms with E-state index in [2.05, 4.69) is 40.6 Å². The number of amides is 1. The monoisotopic (exact) mass is 409 g/mol. The fraction of sp³-hybridized carbons (Fsp3) is 0.118. The third kappa shape index (κ3) is 4.95. The minimum atomic E-state index is -0.340. The van der Waals surface area contributed by atoms with Crippen LogP contribution in [0.15, 0.2) is 46.8 Å². The van der Waals surface area contributed by atoms with E-state index in [4.69, 9.17) is 23.2 Å². The summed E-state index contributed by atoms with van der Waals surface area (Å²) in [6.07, 6.45) is 0. The largest absolute Gasteiger partial charge is 0.296 e. The quantitative estimate of drug-likeness (QED) is 0.433. The molecule has 0 radical (unpaired) electrons. The van der Waals surface area contributed by atoms with Crippen molar-refractivity contribution in [2.45, 2.75) is 17.0 Å². The summed E-state index contributed by atoms with van der Waals surface area (Å²) in [4.78, 5) is 12.3. The van der Waals surface area contributed by atoms with Crippen molar-refractivity contribution in [1.29, 1.82) is 0 Å². The highest BCUT2D eigenvalue weighted by Gasteiger charge is 2.14. The minimum Gasteiger partial charge on any atom is -0.296 e. The normalized spacial score (nSPS) is 10.7. The predicted molar refractivity (Wildman–Crippen MR) is 105 cm³/mol. The van der Waals surface area contributed by atoms with Crippen LogP contribution in [0.3, 0.4) is 0 Å². The van der Waals surface area contributed by atoms with E-state index < -0.39 is 0 Å². The Morgan fingerprint density at radius 2 is 2.04 bits per heavy atom. The molecule has 128 valence electrons. The van der Waals surface area contributed by atoms with E-state index in [1.54, 1.807) is 23.9 Å². The molecule has 1 aromatic heterocycles. The van der Waals surface area contributed by atoms with Crippen LogP contribution in [-0.2, 0) is 5.75 Å². The Labute approximate surface area is 163 Å². The molecule has 25 heavy (non-hydrogen) atoms. The van der Waals surface area contributed by atoms with Crippen molar-refractivity contribution in [3.8, 4) is 0 Å². The molecule has 3 rings (SSSR count). The molecule has 0 unspecified atom stereocenters. The van der Waals surface area contributed by atoms with Crippen LogP contribution in [0.25, 0.3) is 0 Å². The van der Waals surface area contributed by atoms with E-state index >= 15 is 0 Å². The van der Waals surface area contributed by atoms with Gasteiger partial charge in [0, 0.05) is 10.8 Å². The summed E-state index contributed by atoms with van der Waals surface area (Å²) in [5.74, 6) is 0.459. The molecule has 0 aliphatic rings. The standard InChI is InChI=1S/C17H13Cl2N3OS2/c1-10-3-2-4-11(7-10)9-24-17-22-21-16(25-17)20-15(23)13-6-5-12(18)8-14(13)19/h2-8H,9H2,1H3,(H,20,21,23). The van der Waals surface area contributed by atoms with Crippen molar-refractivity contribution in [3.63, 3.8) is 0 Å². The van der Waals surface area contributed by atoms with E-state index in [9.17, 15) is 4.79 Å². The van der Waals surface area contributed by atoms with E-state index in [1.807, 2.05) is 6.07 Å². The third-order valence-corrected chi connectivity index (χ3v) is 5.84. The van der Waals surface area contributed by atoms with Gasteiger partial charge in [-0.3, -0.25) is 10.1 Å². The first-order chi connectivity index (χ1) is 12.0. The molecule has 0 fully saturated rings. The fourth-order valence-electron chi connectivity index (χ4n) is 2.10. The lowest BCUT2D eigenvalue weighted by Crippen LogP contribution is -2.12. The van der Waals surface area contributed by atoms with Gasteiger partial charge >= 0.3 is 0 Å². The van der Waals surface area contributed by atoms with Crippen molar-refractivity contribution in [2.75, 3.05) is 5.32 Å². The van der Waals surface area contributed by atoms with Gasteiger partial charge in [-0.2, -0.15) is 0 Å². The number of nitrogens with zero attached hydrogens (tertiary/aromatic N) is 2. The zero-order valence-electron chi connectivity index (χ0n) is 13.1. The lowest BCUT2D eigenvalue weighted by molar-refractivity contribution is 0.102. The molecule has 8 heteroatoms. The van der Waals surface area contributed by atoms with Crippen LogP contribution >= 0.6 is 46.3 Å². The van der Waals surface area contributed by atoms with Gasteiger partial charge in [0.2, 0.25) is 5.13 Å². The second kappa shape index (κ2) is 8.19. The predicted octanol–water partition coefficient (Wildman–Crippen LogP) is 5.70. The number of nitrogens with one attached hydrogen (secondary N) is 1. The van der Waals surface area contributed by atoms with Crippen LogP contribution in [0.4, 0.5) is 5.13 Å². The molecule has 1 N–H and O–H groups in total. The number of benzene rings is 2. The highest BCUT2D eigenvalue weighted by Crippen LogP contribution is 2.29. The molecule has 1 amide bonds. The zero-order chi connectivity index (χ0) is 17.8. The van der Waals surface area contributed by atoms with E-state index in [0.29, 0.717) is 20.7 Å². The van der Waals surface area contributed by atoms with Crippen molar-refractivity contribution in [1.82, 2.24) is 10.2 Å². The maximum atomic E-state index is 12.3. The molecule has 2 aromatic carbocycles. The first kappa shape index (κ1) is 18.2. The highest BCUT2D eigenvalue weighted by atomic mass is 35.5. The van der Waals surface area contributed by atoms with E-state index in [0.717, 1.165) is 10.1 Å². The number of aryl methyl sites for hydroxylation is 1. The number of carbonyl (C=O) groups excluding carboxylic acids is 1. The molecule has 0 atom stereocenters. The van der Waals surface area contributed by atoms with Crippen molar-refractivity contribution in [2.24, 2.45) is 0 Å². The first-order valence-corrected chi connectivity index (χ1v) is 9.85. The molecule has 0 bridgehead atoms. The number of halogens is 2. The number of hydrogen-bond donors (Lipinski definition) is 1. The van der Waals surface area contributed by atoms with Crippen molar-refractivity contribution < 1.29 is 4.79 Å². The zero-order valence-corrected chi connectivity index (χ0v) is 16.3. The Morgan fingerprint density at radius 3 is 2.80 bits per heavy atom. The Hall–Kier alpha value is -1.60. The number of anilines is 1. The van der Waals surface area contributed by atoms with Gasteiger partial charge in [-0.25, -0.2) is 0 Å². The smallest absolute Gasteiger partial charge is 0.259 e. The summed E-state index contributed by atoms with van der Waals surface area (Å²) in [6, 6.07) is 13.0. The van der Waals surface area contributed by atoms with Crippen LogP contribution in [0.2, 0.25) is 10.0 Å². The molecular formula is C17H13Cl2N3OS2. The van der Waals surface area contributed by atoms with Crippen LogP contribution < -0.4 is 5.32 Å². The summed E-state index contributed by atoms with van der Waals surface area (Å²) in [6.45, 7) is 2.06. The van der Waals surface area contributed by atoms with Gasteiger partial charge < -0.3 is 0 Å². The van der Waals surface area contributed by atoms with Crippen molar-refractivity contribution in [3.05, 3.63) is 69.2 Å². The number of thioether (sulfide) groups is 1. The van der Waals surface area contributed by atoms with E-state index in [1.165, 1.54) is 28.5 Å². The molecule has 0 saturated heterocycles. The van der Waals surface area contributed by atoms with Crippen LogP contribution in [0.5, 0.6) is 0 Å². The van der Waals surface area contributed by atoms with Crippen LogP contribution in [0.1, 0.15) is 21.5 Å². The Morgan fingerprint density at radius 1 is 1.20 bits per heavy atom. The van der Waals surface area contributed by atoms with E-state index in [-0.39, 0.29) is 5.91 Å². The second-order valence-electron chi connectivity index (χ2n) is 5.23. The van der Waals surface area contributed by atoms with Crippen LogP contribution in [-0.4, -0.2) is 16.1 Å². The molecule has 0 aliphatic heterocycles. The van der Waals surface area contributed by atoms with Crippen LogP contribution in [0, 0.1) is 6.92 Å². The average molecular weight is 410 g/mol. The molecule has 0 spiro atoms. The topological polar surface area (TPSA) is 54.9 Å². The average Bonchev–Trinajstić information content (AvgIpc) is 3.00. The van der Waals surface area contributed by atoms with Gasteiger partial charge in [0.25, 0.3) is 5.91 Å². The number of hydrogen-bond acceptors (Lipinski definition) is 5. The fourth-order valence-corrected chi connectivity index (χ4v) is 4.29. The number of carbonyl (C=O) groups is 1. The molecule has 3 aromatic rings. The molecule has 1 heterocycles. The summed E-state index contributed by atoms with van der Waals surface area (Å²) in [5.41, 5.74) is 2.79. The molecule has 0 saturated carbocycles. The maximum Gasteiger partial charge on any atom is 0.259 e. The molecular weight excluding hydrogens is 397 g/mol. The van der Waals surface area contributed by atoms with Gasteiger partial charge in [-0.1, -0.05) is 76.1 Å². The van der Waals surface area contributed by atoms with Gasteiger partial charge in [0.1, 0.15) is 0 Å². The van der Waals surface area contributed by atoms with Gasteiger partial charge in [-0.05, 0) is 30.7 Å². The third-order valence-electron chi connectivity index (χ3n) is 3.25. The van der Waals surface area contributed by atoms with Crippen molar-refractivity contribution >= 4 is 57.3 Å². The molecule has 0 aliphatic carbocycles. The van der Waals surface area contributed by atoms with Gasteiger partial charge in [0.05, 0.1) is 10.6 Å².